The third-order valence-electron chi connectivity index (χ3n) is 4.26. The SMILES string of the molecule is COCCn1c(SCC(=O)Nc2ccccc2C)nnc1-c1cccc(C)c1. The number of hydrogen-bond acceptors (Lipinski definition) is 5. The number of carbonyl (C=O) groups is 1. The normalized spacial score (nSPS) is 10.8. The van der Waals surface area contributed by atoms with Gasteiger partial charge in [-0.3, -0.25) is 9.36 Å². The van der Waals surface area contributed by atoms with Crippen molar-refractivity contribution in [1.29, 1.82) is 0 Å². The number of rotatable bonds is 8. The van der Waals surface area contributed by atoms with Gasteiger partial charge in [0.05, 0.1) is 18.9 Å². The molecule has 146 valence electrons. The van der Waals surface area contributed by atoms with Crippen LogP contribution >= 0.6 is 11.8 Å². The first kappa shape index (κ1) is 20.1. The number of para-hydroxylation sites is 1. The fourth-order valence-electron chi connectivity index (χ4n) is 2.81. The van der Waals surface area contributed by atoms with E-state index >= 15 is 0 Å². The molecule has 1 amide bonds. The van der Waals surface area contributed by atoms with Gasteiger partial charge in [-0.25, -0.2) is 0 Å². The third-order valence-corrected chi connectivity index (χ3v) is 5.23. The average Bonchev–Trinajstić information content (AvgIpc) is 3.09. The molecule has 0 saturated heterocycles. The Bertz CT molecular complexity index is 955. The number of nitrogens with zero attached hydrogens (tertiary/aromatic N) is 3. The lowest BCUT2D eigenvalue weighted by atomic mass is 10.1. The summed E-state index contributed by atoms with van der Waals surface area (Å²) in [5.74, 6) is 0.966. The molecule has 6 nitrogen and oxygen atoms in total. The summed E-state index contributed by atoms with van der Waals surface area (Å²) in [6, 6.07) is 15.9. The van der Waals surface area contributed by atoms with E-state index in [0.717, 1.165) is 28.2 Å². The van der Waals surface area contributed by atoms with Crippen LogP contribution in [-0.2, 0) is 16.1 Å². The summed E-state index contributed by atoms with van der Waals surface area (Å²) >= 11 is 1.37. The molecule has 0 spiro atoms. The summed E-state index contributed by atoms with van der Waals surface area (Å²) in [6.07, 6.45) is 0. The van der Waals surface area contributed by atoms with Crippen LogP contribution in [0.15, 0.2) is 53.7 Å². The van der Waals surface area contributed by atoms with Crippen molar-refractivity contribution in [3.63, 3.8) is 0 Å². The quantitative estimate of drug-likeness (QED) is 0.584. The molecule has 0 aliphatic heterocycles. The maximum Gasteiger partial charge on any atom is 0.234 e. The van der Waals surface area contributed by atoms with E-state index in [1.807, 2.05) is 60.9 Å². The second-order valence-corrected chi connectivity index (χ2v) is 7.41. The number of amides is 1. The van der Waals surface area contributed by atoms with Crippen molar-refractivity contribution in [2.24, 2.45) is 0 Å². The van der Waals surface area contributed by atoms with E-state index in [0.29, 0.717) is 18.3 Å². The molecule has 0 aliphatic rings. The van der Waals surface area contributed by atoms with Crippen molar-refractivity contribution in [3.8, 4) is 11.4 Å². The molecule has 1 aromatic heterocycles. The summed E-state index contributed by atoms with van der Waals surface area (Å²) < 4.78 is 7.24. The average molecular weight is 397 g/mol. The Balaban J connectivity index is 1.74. The molecule has 3 rings (SSSR count). The minimum absolute atomic E-state index is 0.0716. The van der Waals surface area contributed by atoms with Gasteiger partial charge in [0.25, 0.3) is 0 Å². The predicted octanol–water partition coefficient (Wildman–Crippen LogP) is 3.94. The molecule has 7 heteroatoms. The maximum absolute atomic E-state index is 12.4. The number of hydrogen-bond donors (Lipinski definition) is 1. The van der Waals surface area contributed by atoms with Crippen molar-refractivity contribution >= 4 is 23.4 Å². The number of anilines is 1. The van der Waals surface area contributed by atoms with Crippen LogP contribution in [0.5, 0.6) is 0 Å². The zero-order chi connectivity index (χ0) is 19.9. The van der Waals surface area contributed by atoms with Gasteiger partial charge in [-0.15, -0.1) is 10.2 Å². The minimum Gasteiger partial charge on any atom is -0.383 e. The minimum atomic E-state index is -0.0716. The Kier molecular flexibility index (Phi) is 6.84. The number of aryl methyl sites for hydroxylation is 2. The van der Waals surface area contributed by atoms with E-state index in [2.05, 4.69) is 21.6 Å². The molecule has 0 bridgehead atoms. The van der Waals surface area contributed by atoms with Crippen molar-refractivity contribution < 1.29 is 9.53 Å². The number of nitrogens with one attached hydrogen (secondary N) is 1. The Morgan fingerprint density at radius 3 is 2.71 bits per heavy atom. The second kappa shape index (κ2) is 9.52. The topological polar surface area (TPSA) is 69.0 Å². The van der Waals surface area contributed by atoms with E-state index in [1.54, 1.807) is 7.11 Å². The van der Waals surface area contributed by atoms with Crippen molar-refractivity contribution in [3.05, 3.63) is 59.7 Å². The van der Waals surface area contributed by atoms with Gasteiger partial charge in [0.1, 0.15) is 0 Å². The van der Waals surface area contributed by atoms with Crippen LogP contribution in [0.4, 0.5) is 5.69 Å². The monoisotopic (exact) mass is 396 g/mol. The molecule has 3 aromatic rings. The van der Waals surface area contributed by atoms with Gasteiger partial charge in [0, 0.05) is 18.4 Å². The van der Waals surface area contributed by atoms with Gasteiger partial charge in [-0.05, 0) is 31.5 Å². The standard InChI is InChI=1S/C21H24N4O2S/c1-15-7-6-9-17(13-15)20-23-24-21(25(20)11-12-27-3)28-14-19(26)22-18-10-5-4-8-16(18)2/h4-10,13H,11-12,14H2,1-3H3,(H,22,26). The first-order chi connectivity index (χ1) is 13.6. The molecule has 0 saturated carbocycles. The lowest BCUT2D eigenvalue weighted by molar-refractivity contribution is -0.113. The number of thioether (sulfide) groups is 1. The molecule has 28 heavy (non-hydrogen) atoms. The van der Waals surface area contributed by atoms with Gasteiger partial charge in [0.15, 0.2) is 11.0 Å². The van der Waals surface area contributed by atoms with Crippen molar-refractivity contribution in [2.75, 3.05) is 24.8 Å². The highest BCUT2D eigenvalue weighted by molar-refractivity contribution is 7.99. The summed E-state index contributed by atoms with van der Waals surface area (Å²) in [5, 5.41) is 12.3. The Morgan fingerprint density at radius 1 is 1.14 bits per heavy atom. The van der Waals surface area contributed by atoms with Gasteiger partial charge in [0.2, 0.25) is 5.91 Å². The molecule has 2 aromatic carbocycles. The first-order valence-corrected chi connectivity index (χ1v) is 10.0. The van der Waals surface area contributed by atoms with Crippen LogP contribution in [0.2, 0.25) is 0 Å². The van der Waals surface area contributed by atoms with E-state index in [4.69, 9.17) is 4.74 Å². The van der Waals surface area contributed by atoms with Gasteiger partial charge >= 0.3 is 0 Å². The lowest BCUT2D eigenvalue weighted by Crippen LogP contribution is -2.15. The molecular formula is C21H24N4O2S. The Morgan fingerprint density at radius 2 is 1.96 bits per heavy atom. The van der Waals surface area contributed by atoms with E-state index in [9.17, 15) is 4.79 Å². The highest BCUT2D eigenvalue weighted by atomic mass is 32.2. The van der Waals surface area contributed by atoms with Gasteiger partial charge < -0.3 is 10.1 Å². The van der Waals surface area contributed by atoms with Crippen LogP contribution in [0.3, 0.4) is 0 Å². The first-order valence-electron chi connectivity index (χ1n) is 9.06. The zero-order valence-corrected chi connectivity index (χ0v) is 17.1. The molecule has 0 atom stereocenters. The summed E-state index contributed by atoms with van der Waals surface area (Å²) in [7, 11) is 1.67. The highest BCUT2D eigenvalue weighted by Gasteiger charge is 2.16. The fourth-order valence-corrected chi connectivity index (χ4v) is 3.57. The number of benzene rings is 2. The molecule has 0 aliphatic carbocycles. The number of aromatic nitrogens is 3. The summed E-state index contributed by atoms with van der Waals surface area (Å²) in [5.41, 5.74) is 4.02. The van der Waals surface area contributed by atoms with E-state index in [-0.39, 0.29) is 11.7 Å². The summed E-state index contributed by atoms with van der Waals surface area (Å²) in [6.45, 7) is 5.18. The lowest BCUT2D eigenvalue weighted by Gasteiger charge is -2.11. The van der Waals surface area contributed by atoms with Crippen LogP contribution in [0.1, 0.15) is 11.1 Å². The largest absolute Gasteiger partial charge is 0.383 e. The number of methoxy groups -OCH3 is 1. The third kappa shape index (κ3) is 4.99. The number of ether oxygens (including phenoxy) is 1. The van der Waals surface area contributed by atoms with Crippen LogP contribution in [-0.4, -0.2) is 40.1 Å². The predicted molar refractivity (Wildman–Crippen MR) is 113 cm³/mol. The molecule has 1 N–H and O–H groups in total. The number of carbonyl (C=O) groups excluding carboxylic acids is 1. The maximum atomic E-state index is 12.4. The van der Waals surface area contributed by atoms with Crippen LogP contribution < -0.4 is 5.32 Å². The zero-order valence-electron chi connectivity index (χ0n) is 16.3. The molecule has 0 unspecified atom stereocenters. The molecule has 0 radical (unpaired) electrons. The van der Waals surface area contributed by atoms with Crippen LogP contribution in [0.25, 0.3) is 11.4 Å². The van der Waals surface area contributed by atoms with Crippen LogP contribution in [0, 0.1) is 13.8 Å². The molecule has 1 heterocycles. The van der Waals surface area contributed by atoms with Gasteiger partial charge in [-0.2, -0.15) is 0 Å². The van der Waals surface area contributed by atoms with Gasteiger partial charge in [-0.1, -0.05) is 53.7 Å². The smallest absolute Gasteiger partial charge is 0.234 e. The second-order valence-electron chi connectivity index (χ2n) is 6.47. The molecule has 0 fully saturated rings. The van der Waals surface area contributed by atoms with Crippen molar-refractivity contribution in [2.45, 2.75) is 25.5 Å². The molecular weight excluding hydrogens is 372 g/mol. The Labute approximate surface area is 169 Å². The summed E-state index contributed by atoms with van der Waals surface area (Å²) in [4.78, 5) is 12.4. The highest BCUT2D eigenvalue weighted by Crippen LogP contribution is 2.25. The fraction of sp³-hybridized carbons (Fsp3) is 0.286. The Hall–Kier alpha value is -2.64. The van der Waals surface area contributed by atoms with Crippen molar-refractivity contribution in [1.82, 2.24) is 14.8 Å². The van der Waals surface area contributed by atoms with E-state index < -0.39 is 0 Å². The van der Waals surface area contributed by atoms with E-state index in [1.165, 1.54) is 11.8 Å².